The fourth-order valence-corrected chi connectivity index (χ4v) is 2.99. The predicted octanol–water partition coefficient (Wildman–Crippen LogP) is 4.19. The monoisotopic (exact) mass is 312 g/mol. The molecule has 3 nitrogen and oxygen atoms in total. The molecule has 1 fully saturated rings. The molecule has 0 spiro atoms. The largest absolute Gasteiger partial charge is 0.278 e. The van der Waals surface area contributed by atoms with E-state index in [1.165, 1.54) is 29.2 Å². The van der Waals surface area contributed by atoms with Gasteiger partial charge in [0.25, 0.3) is 5.91 Å². The van der Waals surface area contributed by atoms with Crippen molar-refractivity contribution in [2.24, 2.45) is 0 Å². The number of amides is 1. The van der Waals surface area contributed by atoms with E-state index < -0.39 is 0 Å². The summed E-state index contributed by atoms with van der Waals surface area (Å²) in [6.07, 6.45) is 1.77. The molecule has 22 heavy (non-hydrogen) atoms. The lowest BCUT2D eigenvalue weighted by molar-refractivity contribution is -0.113. The van der Waals surface area contributed by atoms with E-state index in [0.29, 0.717) is 10.6 Å². The quantitative estimate of drug-likeness (QED) is 0.845. The predicted molar refractivity (Wildman–Crippen MR) is 88.4 cm³/mol. The zero-order chi connectivity index (χ0) is 15.7. The number of aryl methyl sites for hydroxylation is 1. The van der Waals surface area contributed by atoms with Crippen LogP contribution in [0.3, 0.4) is 0 Å². The summed E-state index contributed by atoms with van der Waals surface area (Å²) in [4.78, 5) is 14.2. The first-order chi connectivity index (χ1) is 10.5. The van der Waals surface area contributed by atoms with Crippen LogP contribution < -0.4 is 4.90 Å². The molecule has 1 aliphatic heterocycles. The van der Waals surface area contributed by atoms with E-state index in [4.69, 9.17) is 5.41 Å². The van der Waals surface area contributed by atoms with Gasteiger partial charge in [-0.1, -0.05) is 29.8 Å². The summed E-state index contributed by atoms with van der Waals surface area (Å²) >= 11 is 1.11. The normalized spacial score (nSPS) is 16.6. The number of hydrogen-bond acceptors (Lipinski definition) is 3. The van der Waals surface area contributed by atoms with E-state index >= 15 is 0 Å². The molecule has 0 atom stereocenters. The third kappa shape index (κ3) is 2.80. The number of rotatable bonds is 2. The second-order valence-corrected chi connectivity index (χ2v) is 5.97. The van der Waals surface area contributed by atoms with Crippen LogP contribution in [0.4, 0.5) is 10.1 Å². The van der Waals surface area contributed by atoms with E-state index in [2.05, 4.69) is 0 Å². The van der Waals surface area contributed by atoms with Crippen molar-refractivity contribution in [1.29, 1.82) is 5.41 Å². The number of hydrogen-bond donors (Lipinski definition) is 1. The van der Waals surface area contributed by atoms with Gasteiger partial charge in [-0.2, -0.15) is 0 Å². The van der Waals surface area contributed by atoms with Crippen LogP contribution in [0, 0.1) is 18.2 Å². The summed E-state index contributed by atoms with van der Waals surface area (Å²) in [5.41, 5.74) is 2.56. The first kappa shape index (κ1) is 14.5. The van der Waals surface area contributed by atoms with Gasteiger partial charge in [0.2, 0.25) is 0 Å². The Morgan fingerprint density at radius 2 is 1.73 bits per heavy atom. The highest BCUT2D eigenvalue weighted by atomic mass is 32.2. The number of thioether (sulfide) groups is 1. The summed E-state index contributed by atoms with van der Waals surface area (Å²) in [5.74, 6) is -0.632. The second-order valence-electron chi connectivity index (χ2n) is 4.94. The summed E-state index contributed by atoms with van der Waals surface area (Å²) in [6, 6.07) is 13.4. The smallest absolute Gasteiger partial charge is 0.271 e. The Balaban J connectivity index is 1.91. The molecule has 2 aromatic rings. The van der Waals surface area contributed by atoms with Gasteiger partial charge < -0.3 is 0 Å². The van der Waals surface area contributed by atoms with Gasteiger partial charge in [0.15, 0.2) is 5.17 Å². The van der Waals surface area contributed by atoms with E-state index in [0.717, 1.165) is 22.9 Å². The molecule has 0 aliphatic carbocycles. The van der Waals surface area contributed by atoms with Gasteiger partial charge in [-0.05, 0) is 54.6 Å². The molecule has 0 bridgehead atoms. The van der Waals surface area contributed by atoms with Crippen molar-refractivity contribution in [2.45, 2.75) is 6.92 Å². The van der Waals surface area contributed by atoms with Gasteiger partial charge in [0.1, 0.15) is 5.82 Å². The van der Waals surface area contributed by atoms with Crippen molar-refractivity contribution in [3.63, 3.8) is 0 Å². The average molecular weight is 312 g/mol. The van der Waals surface area contributed by atoms with Crippen LogP contribution in [0.1, 0.15) is 11.1 Å². The molecule has 3 rings (SSSR count). The lowest BCUT2D eigenvalue weighted by Gasteiger charge is -2.13. The Labute approximate surface area is 132 Å². The highest BCUT2D eigenvalue weighted by Crippen LogP contribution is 2.35. The topological polar surface area (TPSA) is 44.2 Å². The number of carbonyl (C=O) groups is 1. The number of halogens is 1. The van der Waals surface area contributed by atoms with Crippen molar-refractivity contribution in [3.05, 3.63) is 70.4 Å². The second kappa shape index (κ2) is 5.77. The Morgan fingerprint density at radius 1 is 1.09 bits per heavy atom. The van der Waals surface area contributed by atoms with E-state index in [-0.39, 0.29) is 16.9 Å². The summed E-state index contributed by atoms with van der Waals surface area (Å²) < 4.78 is 13.0. The van der Waals surface area contributed by atoms with Crippen LogP contribution >= 0.6 is 11.8 Å². The fraction of sp³-hybridized carbons (Fsp3) is 0.0588. The third-order valence-corrected chi connectivity index (χ3v) is 4.17. The molecule has 5 heteroatoms. The van der Waals surface area contributed by atoms with Crippen molar-refractivity contribution in [2.75, 3.05) is 4.90 Å². The maximum absolute atomic E-state index is 13.0. The third-order valence-electron chi connectivity index (χ3n) is 3.28. The minimum Gasteiger partial charge on any atom is -0.278 e. The zero-order valence-corrected chi connectivity index (χ0v) is 12.7. The molecular formula is C17H13FN2OS. The number of amidine groups is 1. The van der Waals surface area contributed by atoms with Crippen LogP contribution in [0.5, 0.6) is 0 Å². The lowest BCUT2D eigenvalue weighted by atomic mass is 10.1. The summed E-state index contributed by atoms with van der Waals surface area (Å²) in [5, 5.41) is 8.11. The Bertz CT molecular complexity index is 766. The Morgan fingerprint density at radius 3 is 2.36 bits per heavy atom. The van der Waals surface area contributed by atoms with Crippen molar-refractivity contribution < 1.29 is 9.18 Å². The highest BCUT2D eigenvalue weighted by Gasteiger charge is 2.33. The van der Waals surface area contributed by atoms with Crippen molar-refractivity contribution in [3.8, 4) is 0 Å². The number of nitrogens with zero attached hydrogens (tertiary/aromatic N) is 1. The Hall–Kier alpha value is -2.40. The fourth-order valence-electron chi connectivity index (χ4n) is 2.13. The maximum atomic E-state index is 13.0. The zero-order valence-electron chi connectivity index (χ0n) is 11.8. The van der Waals surface area contributed by atoms with Crippen molar-refractivity contribution >= 4 is 34.6 Å². The summed E-state index contributed by atoms with van der Waals surface area (Å²) in [7, 11) is 0. The number of nitrogens with one attached hydrogen (secondary N) is 1. The van der Waals surface area contributed by atoms with Gasteiger partial charge in [-0.25, -0.2) is 4.39 Å². The average Bonchev–Trinajstić information content (AvgIpc) is 2.77. The van der Waals surface area contributed by atoms with Crippen LogP contribution in [-0.2, 0) is 4.79 Å². The van der Waals surface area contributed by atoms with Gasteiger partial charge in [-0.15, -0.1) is 0 Å². The van der Waals surface area contributed by atoms with Gasteiger partial charge in [0.05, 0.1) is 10.6 Å². The standard InChI is InChI=1S/C17H13FN2OS/c1-11-2-4-12(5-3-11)10-15-16(21)20(17(19)22-15)14-8-6-13(18)7-9-14/h2-10,19H,1H3. The summed E-state index contributed by atoms with van der Waals surface area (Å²) in [6.45, 7) is 2.00. The van der Waals surface area contributed by atoms with Crippen LogP contribution in [0.25, 0.3) is 6.08 Å². The molecule has 1 N–H and O–H groups in total. The number of carbonyl (C=O) groups excluding carboxylic acids is 1. The molecule has 1 heterocycles. The minimum atomic E-state index is -0.370. The Kier molecular flexibility index (Phi) is 3.81. The van der Waals surface area contributed by atoms with Crippen LogP contribution in [0.2, 0.25) is 0 Å². The molecule has 2 aromatic carbocycles. The van der Waals surface area contributed by atoms with E-state index in [9.17, 15) is 9.18 Å². The molecule has 0 unspecified atom stereocenters. The molecule has 110 valence electrons. The van der Waals surface area contributed by atoms with Crippen molar-refractivity contribution in [1.82, 2.24) is 0 Å². The lowest BCUT2D eigenvalue weighted by Crippen LogP contribution is -2.28. The minimum absolute atomic E-state index is 0.120. The van der Waals surface area contributed by atoms with E-state index in [1.54, 1.807) is 6.08 Å². The molecule has 1 aliphatic rings. The maximum Gasteiger partial charge on any atom is 0.271 e. The SMILES string of the molecule is Cc1ccc(C=C2SC(=N)N(c3ccc(F)cc3)C2=O)cc1. The number of benzene rings is 2. The first-order valence-electron chi connectivity index (χ1n) is 6.69. The molecule has 1 amide bonds. The van der Waals surface area contributed by atoms with E-state index in [1.807, 2.05) is 31.2 Å². The number of anilines is 1. The molecule has 0 saturated carbocycles. The van der Waals surface area contributed by atoms with Gasteiger partial charge in [-0.3, -0.25) is 15.1 Å². The first-order valence-corrected chi connectivity index (χ1v) is 7.51. The molecular weight excluding hydrogens is 299 g/mol. The van der Waals surface area contributed by atoms with Gasteiger partial charge >= 0.3 is 0 Å². The molecule has 0 aromatic heterocycles. The van der Waals surface area contributed by atoms with Crippen LogP contribution in [0.15, 0.2) is 53.4 Å². The molecule has 0 radical (unpaired) electrons. The highest BCUT2D eigenvalue weighted by molar-refractivity contribution is 8.19. The van der Waals surface area contributed by atoms with Crippen LogP contribution in [-0.4, -0.2) is 11.1 Å². The molecule has 1 saturated heterocycles. The van der Waals surface area contributed by atoms with Gasteiger partial charge in [0, 0.05) is 0 Å².